The number of hydrogen-bond acceptors (Lipinski definition) is 4. The van der Waals surface area contributed by atoms with Gasteiger partial charge in [-0.25, -0.2) is 4.79 Å². The van der Waals surface area contributed by atoms with Crippen molar-refractivity contribution >= 4 is 69.5 Å². The number of nitrogens with zero attached hydrogens (tertiary/aromatic N) is 2. The number of urea groups is 1. The van der Waals surface area contributed by atoms with E-state index in [0.29, 0.717) is 5.69 Å². The second kappa shape index (κ2) is 8.52. The Hall–Kier alpha value is -1.55. The first-order valence-corrected chi connectivity index (χ1v) is 7.91. The van der Waals surface area contributed by atoms with Crippen LogP contribution in [0.5, 0.6) is 0 Å². The van der Waals surface area contributed by atoms with Crippen LogP contribution >= 0.6 is 47.0 Å². The molecule has 2 amide bonds. The number of anilines is 1. The molecular weight excluding hydrogens is 401 g/mol. The van der Waals surface area contributed by atoms with Crippen molar-refractivity contribution in [3.05, 3.63) is 34.4 Å². The van der Waals surface area contributed by atoms with Gasteiger partial charge in [0, 0.05) is 31.9 Å². The highest BCUT2D eigenvalue weighted by Gasteiger charge is 2.35. The number of carbonyl (C=O) groups is 1. The maximum absolute atomic E-state index is 11.7. The topological polar surface area (TPSA) is 99.5 Å². The van der Waals surface area contributed by atoms with Gasteiger partial charge in [0.15, 0.2) is 11.3 Å². The first-order chi connectivity index (χ1) is 11.0. The van der Waals surface area contributed by atoms with Crippen molar-refractivity contribution in [2.45, 2.75) is 9.96 Å². The number of alkyl halides is 3. The summed E-state index contributed by atoms with van der Waals surface area (Å²) >= 11 is 22.6. The van der Waals surface area contributed by atoms with Gasteiger partial charge >= 0.3 is 6.03 Å². The van der Waals surface area contributed by atoms with E-state index >= 15 is 0 Å². The van der Waals surface area contributed by atoms with Gasteiger partial charge < -0.3 is 20.9 Å². The quantitative estimate of drug-likeness (QED) is 0.230. The number of non-ortho nitro benzene ring substituents is 1. The minimum atomic E-state index is -1.87. The van der Waals surface area contributed by atoms with Crippen molar-refractivity contribution in [2.75, 3.05) is 19.4 Å². The maximum Gasteiger partial charge on any atom is 0.318 e. The van der Waals surface area contributed by atoms with Crippen LogP contribution in [0.1, 0.15) is 0 Å². The van der Waals surface area contributed by atoms with Crippen LogP contribution in [0.25, 0.3) is 0 Å². The molecule has 8 nitrogen and oxygen atoms in total. The fourth-order valence-electron chi connectivity index (χ4n) is 1.42. The Labute approximate surface area is 158 Å². The Morgan fingerprint density at radius 2 is 1.79 bits per heavy atom. The molecule has 0 aromatic heterocycles. The molecule has 1 atom stereocenters. The lowest BCUT2D eigenvalue weighted by Gasteiger charge is -2.28. The molecule has 0 saturated carbocycles. The molecule has 132 valence electrons. The Morgan fingerprint density at radius 3 is 2.21 bits per heavy atom. The maximum atomic E-state index is 11.7. The molecule has 0 aliphatic rings. The average Bonchev–Trinajstić information content (AvgIpc) is 2.45. The summed E-state index contributed by atoms with van der Waals surface area (Å²) in [6.45, 7) is 0. The highest BCUT2D eigenvalue weighted by atomic mass is 35.6. The van der Waals surface area contributed by atoms with Crippen molar-refractivity contribution in [2.24, 2.45) is 0 Å². The zero-order chi connectivity index (χ0) is 18.5. The van der Waals surface area contributed by atoms with E-state index in [-0.39, 0.29) is 10.8 Å². The van der Waals surface area contributed by atoms with Gasteiger partial charge in [0.2, 0.25) is 3.79 Å². The average molecular weight is 415 g/mol. The molecule has 1 aromatic carbocycles. The molecule has 24 heavy (non-hydrogen) atoms. The van der Waals surface area contributed by atoms with E-state index in [9.17, 15) is 14.9 Å². The molecule has 0 spiro atoms. The number of rotatable bonds is 4. The summed E-state index contributed by atoms with van der Waals surface area (Å²) in [4.78, 5) is 23.1. The third-order valence-corrected chi connectivity index (χ3v) is 3.49. The largest absolute Gasteiger partial charge is 0.339 e. The molecule has 0 aliphatic heterocycles. The molecule has 3 N–H and O–H groups in total. The molecule has 12 heteroatoms. The minimum Gasteiger partial charge on any atom is -0.339 e. The van der Waals surface area contributed by atoms with E-state index in [1.54, 1.807) is 0 Å². The van der Waals surface area contributed by atoms with Crippen molar-refractivity contribution in [3.63, 3.8) is 0 Å². The SMILES string of the molecule is CN(C)C(=O)N[C@H](NC(=S)Nc1ccc([N+](=O)[O-])cc1)C(Cl)(Cl)Cl. The van der Waals surface area contributed by atoms with E-state index in [2.05, 4.69) is 16.0 Å². The van der Waals surface area contributed by atoms with E-state index < -0.39 is 20.9 Å². The lowest BCUT2D eigenvalue weighted by atomic mass is 10.3. The zero-order valence-corrected chi connectivity index (χ0v) is 15.6. The monoisotopic (exact) mass is 413 g/mol. The zero-order valence-electron chi connectivity index (χ0n) is 12.5. The van der Waals surface area contributed by atoms with Crippen LogP contribution < -0.4 is 16.0 Å². The fraction of sp³-hybridized carbons (Fsp3) is 0.333. The summed E-state index contributed by atoms with van der Waals surface area (Å²) < 4.78 is -1.87. The summed E-state index contributed by atoms with van der Waals surface area (Å²) in [6.07, 6.45) is -1.10. The number of benzene rings is 1. The third-order valence-electron chi connectivity index (χ3n) is 2.61. The third kappa shape index (κ3) is 6.52. The highest BCUT2D eigenvalue weighted by molar-refractivity contribution is 7.80. The van der Waals surface area contributed by atoms with Gasteiger partial charge in [-0.1, -0.05) is 34.8 Å². The summed E-state index contributed by atoms with van der Waals surface area (Å²) in [5.41, 5.74) is 0.428. The standard InChI is InChI=1S/C12H14Cl3N5O3S/c1-19(2)11(21)18-9(12(13,14)15)17-10(24)16-7-3-5-8(6-4-7)20(22)23/h3-6,9H,1-2H3,(H,18,21)(H2,16,17,24)/t9-/m0/s1. The number of carbonyl (C=O) groups excluding carboxylic acids is 1. The molecule has 0 radical (unpaired) electrons. The van der Waals surface area contributed by atoms with Crippen LogP contribution in [-0.4, -0.2) is 45.0 Å². The smallest absolute Gasteiger partial charge is 0.318 e. The predicted molar refractivity (Wildman–Crippen MR) is 98.7 cm³/mol. The summed E-state index contributed by atoms with van der Waals surface area (Å²) in [6, 6.07) is 5.07. The van der Waals surface area contributed by atoms with Crippen molar-refractivity contribution in [1.29, 1.82) is 0 Å². The van der Waals surface area contributed by atoms with Gasteiger partial charge in [0.25, 0.3) is 5.69 Å². The number of halogens is 3. The normalized spacial score (nSPS) is 12.0. The number of nitro benzene ring substituents is 1. The van der Waals surface area contributed by atoms with Crippen molar-refractivity contribution in [1.82, 2.24) is 15.5 Å². The van der Waals surface area contributed by atoms with E-state index in [1.807, 2.05) is 0 Å². The number of nitrogens with one attached hydrogen (secondary N) is 3. The van der Waals surface area contributed by atoms with Gasteiger partial charge in [0.1, 0.15) is 0 Å². The minimum absolute atomic E-state index is 0.0548. The van der Waals surface area contributed by atoms with Crippen LogP contribution in [0.3, 0.4) is 0 Å². The second-order valence-electron chi connectivity index (χ2n) is 4.72. The summed E-state index contributed by atoms with van der Waals surface area (Å²) in [5, 5.41) is 18.6. The van der Waals surface area contributed by atoms with Gasteiger partial charge in [-0.2, -0.15) is 0 Å². The van der Waals surface area contributed by atoms with Crippen LogP contribution in [0, 0.1) is 10.1 Å². The van der Waals surface area contributed by atoms with Gasteiger partial charge in [-0.15, -0.1) is 0 Å². The first kappa shape index (κ1) is 20.5. The number of nitro groups is 1. The van der Waals surface area contributed by atoms with Crippen LogP contribution in [-0.2, 0) is 0 Å². The first-order valence-electron chi connectivity index (χ1n) is 6.37. The fourth-order valence-corrected chi connectivity index (χ4v) is 1.98. The second-order valence-corrected chi connectivity index (χ2v) is 7.50. The molecule has 0 bridgehead atoms. The van der Waals surface area contributed by atoms with Gasteiger partial charge in [-0.05, 0) is 24.4 Å². The molecule has 0 fully saturated rings. The molecule has 0 unspecified atom stereocenters. The predicted octanol–water partition coefficient (Wildman–Crippen LogP) is 2.85. The van der Waals surface area contributed by atoms with E-state index in [0.717, 1.165) is 0 Å². The molecular formula is C12H14Cl3N5O3S. The number of thiocarbonyl (C=S) groups is 1. The Kier molecular flexibility index (Phi) is 7.27. The van der Waals surface area contributed by atoms with E-state index in [1.165, 1.54) is 43.3 Å². The number of amides is 2. The summed E-state index contributed by atoms with van der Waals surface area (Å²) in [5.74, 6) is 0. The van der Waals surface area contributed by atoms with Crippen molar-refractivity contribution < 1.29 is 9.72 Å². The Balaban J connectivity index is 2.74. The van der Waals surface area contributed by atoms with Crippen LogP contribution in [0.4, 0.5) is 16.2 Å². The summed E-state index contributed by atoms with van der Waals surface area (Å²) in [7, 11) is 3.05. The highest BCUT2D eigenvalue weighted by Crippen LogP contribution is 2.29. The lowest BCUT2D eigenvalue weighted by molar-refractivity contribution is -0.384. The molecule has 1 aromatic rings. The van der Waals surface area contributed by atoms with Crippen LogP contribution in [0.2, 0.25) is 0 Å². The molecule has 0 aliphatic carbocycles. The molecule has 0 saturated heterocycles. The van der Waals surface area contributed by atoms with Crippen LogP contribution in [0.15, 0.2) is 24.3 Å². The van der Waals surface area contributed by atoms with Gasteiger partial charge in [-0.3, -0.25) is 10.1 Å². The van der Waals surface area contributed by atoms with E-state index in [4.69, 9.17) is 47.0 Å². The van der Waals surface area contributed by atoms with Crippen molar-refractivity contribution in [3.8, 4) is 0 Å². The molecule has 0 heterocycles. The molecule has 1 rings (SSSR count). The van der Waals surface area contributed by atoms with Gasteiger partial charge in [0.05, 0.1) is 4.92 Å². The lowest BCUT2D eigenvalue weighted by Crippen LogP contribution is -2.57. The Morgan fingerprint density at radius 1 is 1.25 bits per heavy atom. The number of hydrogen-bond donors (Lipinski definition) is 3. The Bertz CT molecular complexity index is 621.